The average Bonchev–Trinajstić information content (AvgIpc) is 3.18. The average molecular weight is 459 g/mol. The van der Waals surface area contributed by atoms with E-state index < -0.39 is 0 Å². The van der Waals surface area contributed by atoms with Crippen LogP contribution in [0.25, 0.3) is 33.2 Å². The Balaban J connectivity index is 1.40. The maximum Gasteiger partial charge on any atom is 0.225 e. The number of fused-ring (bicyclic) bond motifs is 2. The van der Waals surface area contributed by atoms with Crippen molar-refractivity contribution in [3.05, 3.63) is 89.3 Å². The SMILES string of the molecule is O=C(CCCc1c(-c2ccc3ccccc3n2)[nH]c2ccc(F)cc12)Nc1ccc(Cl)cn1. The van der Waals surface area contributed by atoms with E-state index in [0.29, 0.717) is 30.1 Å². The number of hydrogen-bond donors (Lipinski definition) is 2. The Hall–Kier alpha value is -3.77. The molecule has 1 amide bonds. The summed E-state index contributed by atoms with van der Waals surface area (Å²) in [6, 6.07) is 19.9. The van der Waals surface area contributed by atoms with Gasteiger partial charge in [0.15, 0.2) is 0 Å². The molecule has 5 aromatic rings. The number of aromatic nitrogens is 3. The van der Waals surface area contributed by atoms with Gasteiger partial charge in [0.25, 0.3) is 0 Å². The summed E-state index contributed by atoms with van der Waals surface area (Å²) >= 11 is 5.84. The topological polar surface area (TPSA) is 70.7 Å². The number of hydrogen-bond acceptors (Lipinski definition) is 3. The molecule has 3 aromatic heterocycles. The molecule has 2 aromatic carbocycles. The van der Waals surface area contributed by atoms with Crippen LogP contribution in [-0.4, -0.2) is 20.9 Å². The number of aromatic amines is 1. The minimum Gasteiger partial charge on any atom is -0.353 e. The number of carbonyl (C=O) groups is 1. The van der Waals surface area contributed by atoms with Gasteiger partial charge in [0.2, 0.25) is 5.91 Å². The zero-order valence-electron chi connectivity index (χ0n) is 17.6. The first-order valence-electron chi connectivity index (χ1n) is 10.6. The number of para-hydroxylation sites is 1. The summed E-state index contributed by atoms with van der Waals surface area (Å²) in [5, 5.41) is 5.14. The Morgan fingerprint density at radius 3 is 2.79 bits per heavy atom. The van der Waals surface area contributed by atoms with E-state index in [1.807, 2.05) is 36.4 Å². The zero-order chi connectivity index (χ0) is 22.8. The molecule has 0 spiro atoms. The van der Waals surface area contributed by atoms with Crippen molar-refractivity contribution in [3.63, 3.8) is 0 Å². The van der Waals surface area contributed by atoms with Crippen molar-refractivity contribution in [2.75, 3.05) is 5.32 Å². The second-order valence-electron chi connectivity index (χ2n) is 7.82. The predicted molar refractivity (Wildman–Crippen MR) is 130 cm³/mol. The largest absolute Gasteiger partial charge is 0.353 e. The van der Waals surface area contributed by atoms with E-state index in [1.165, 1.54) is 18.3 Å². The Morgan fingerprint density at radius 2 is 1.94 bits per heavy atom. The first kappa shape index (κ1) is 21.1. The summed E-state index contributed by atoms with van der Waals surface area (Å²) in [7, 11) is 0. The van der Waals surface area contributed by atoms with Gasteiger partial charge in [0, 0.05) is 28.9 Å². The molecule has 2 N–H and O–H groups in total. The molecule has 0 saturated carbocycles. The molecule has 5 rings (SSSR count). The van der Waals surface area contributed by atoms with Crippen LogP contribution >= 0.6 is 11.6 Å². The van der Waals surface area contributed by atoms with Gasteiger partial charge in [-0.1, -0.05) is 35.9 Å². The first-order chi connectivity index (χ1) is 16.1. The third-order valence-corrected chi connectivity index (χ3v) is 5.77. The lowest BCUT2D eigenvalue weighted by Gasteiger charge is -2.07. The van der Waals surface area contributed by atoms with Gasteiger partial charge in [-0.2, -0.15) is 0 Å². The highest BCUT2D eigenvalue weighted by Gasteiger charge is 2.16. The lowest BCUT2D eigenvalue weighted by atomic mass is 10.0. The Kier molecular flexibility index (Phi) is 5.75. The van der Waals surface area contributed by atoms with E-state index >= 15 is 0 Å². The molecule has 0 fully saturated rings. The third kappa shape index (κ3) is 4.56. The highest BCUT2D eigenvalue weighted by Crippen LogP contribution is 2.32. The number of amides is 1. The number of carbonyl (C=O) groups excluding carboxylic acids is 1. The zero-order valence-corrected chi connectivity index (χ0v) is 18.4. The fraction of sp³-hybridized carbons (Fsp3) is 0.115. The van der Waals surface area contributed by atoms with Crippen LogP contribution < -0.4 is 5.32 Å². The van der Waals surface area contributed by atoms with Crippen LogP contribution in [-0.2, 0) is 11.2 Å². The summed E-state index contributed by atoms with van der Waals surface area (Å²) in [5.74, 6) is 0.0215. The maximum absolute atomic E-state index is 14.0. The number of nitrogens with zero attached hydrogens (tertiary/aromatic N) is 2. The standard InChI is InChI=1S/C26H20ClFN4O/c27-17-9-13-24(29-15-17)32-25(33)7-3-5-19-20-14-18(28)10-12-22(20)31-26(19)23-11-8-16-4-1-2-6-21(16)30-23/h1-2,4,6,8-15,31H,3,5,7H2,(H,29,32,33). The molecule has 0 unspecified atom stereocenters. The normalized spacial score (nSPS) is 11.2. The summed E-state index contributed by atoms with van der Waals surface area (Å²) in [6.45, 7) is 0. The first-order valence-corrected chi connectivity index (χ1v) is 11.0. The number of anilines is 1. The van der Waals surface area contributed by atoms with Crippen LogP contribution in [0.2, 0.25) is 5.02 Å². The second kappa shape index (κ2) is 9.00. The molecule has 0 aliphatic carbocycles. The van der Waals surface area contributed by atoms with Gasteiger partial charge in [-0.15, -0.1) is 0 Å². The van der Waals surface area contributed by atoms with Crippen molar-refractivity contribution in [2.24, 2.45) is 0 Å². The molecule has 33 heavy (non-hydrogen) atoms. The van der Waals surface area contributed by atoms with Crippen LogP contribution in [0, 0.1) is 5.82 Å². The minimum atomic E-state index is -0.299. The molecule has 164 valence electrons. The van der Waals surface area contributed by atoms with Crippen LogP contribution in [0.1, 0.15) is 18.4 Å². The lowest BCUT2D eigenvalue weighted by Crippen LogP contribution is -2.12. The summed E-state index contributed by atoms with van der Waals surface area (Å²) < 4.78 is 14.0. The quantitative estimate of drug-likeness (QED) is 0.304. The monoisotopic (exact) mass is 458 g/mol. The fourth-order valence-electron chi connectivity index (χ4n) is 3.98. The van der Waals surface area contributed by atoms with Gasteiger partial charge < -0.3 is 10.3 Å². The van der Waals surface area contributed by atoms with Crippen molar-refractivity contribution >= 4 is 45.1 Å². The Bertz CT molecular complexity index is 1460. The molecule has 0 aliphatic rings. The molecular formula is C26H20ClFN4O. The molecule has 0 aliphatic heterocycles. The molecular weight excluding hydrogens is 439 g/mol. The van der Waals surface area contributed by atoms with Crippen LogP contribution in [0.4, 0.5) is 10.2 Å². The predicted octanol–water partition coefficient (Wildman–Crippen LogP) is 6.53. The molecule has 5 nitrogen and oxygen atoms in total. The smallest absolute Gasteiger partial charge is 0.225 e. The number of pyridine rings is 2. The fourth-order valence-corrected chi connectivity index (χ4v) is 4.10. The Labute approximate surface area is 194 Å². The van der Waals surface area contributed by atoms with E-state index in [1.54, 1.807) is 18.2 Å². The summed E-state index contributed by atoms with van der Waals surface area (Å²) in [4.78, 5) is 24.7. The molecule has 0 saturated heterocycles. The van der Waals surface area contributed by atoms with Crippen LogP contribution in [0.5, 0.6) is 0 Å². The van der Waals surface area contributed by atoms with E-state index in [9.17, 15) is 9.18 Å². The Morgan fingerprint density at radius 1 is 1.06 bits per heavy atom. The van der Waals surface area contributed by atoms with E-state index in [2.05, 4.69) is 15.3 Å². The molecule has 0 radical (unpaired) electrons. The highest BCUT2D eigenvalue weighted by atomic mass is 35.5. The number of aryl methyl sites for hydroxylation is 1. The van der Waals surface area contributed by atoms with Crippen molar-refractivity contribution in [3.8, 4) is 11.4 Å². The summed E-state index contributed by atoms with van der Waals surface area (Å²) in [6.07, 6.45) is 2.97. The van der Waals surface area contributed by atoms with Gasteiger partial charge in [-0.05, 0) is 60.9 Å². The van der Waals surface area contributed by atoms with Crippen molar-refractivity contribution in [1.82, 2.24) is 15.0 Å². The van der Waals surface area contributed by atoms with Crippen molar-refractivity contribution < 1.29 is 9.18 Å². The van der Waals surface area contributed by atoms with Gasteiger partial charge in [-0.25, -0.2) is 14.4 Å². The van der Waals surface area contributed by atoms with Crippen LogP contribution in [0.15, 0.2) is 72.9 Å². The number of nitrogens with one attached hydrogen (secondary N) is 2. The van der Waals surface area contributed by atoms with Crippen LogP contribution in [0.3, 0.4) is 0 Å². The molecule has 3 heterocycles. The minimum absolute atomic E-state index is 0.138. The van der Waals surface area contributed by atoms with Crippen molar-refractivity contribution in [1.29, 1.82) is 0 Å². The summed E-state index contributed by atoms with van der Waals surface area (Å²) in [5.41, 5.74) is 4.31. The van der Waals surface area contributed by atoms with Gasteiger partial charge >= 0.3 is 0 Å². The molecule has 0 atom stereocenters. The van der Waals surface area contributed by atoms with Gasteiger partial charge in [0.1, 0.15) is 11.6 Å². The molecule has 0 bridgehead atoms. The lowest BCUT2D eigenvalue weighted by molar-refractivity contribution is -0.116. The van der Waals surface area contributed by atoms with Gasteiger partial charge in [0.05, 0.1) is 21.9 Å². The van der Waals surface area contributed by atoms with E-state index in [-0.39, 0.29) is 11.7 Å². The number of benzene rings is 2. The van der Waals surface area contributed by atoms with E-state index in [4.69, 9.17) is 16.6 Å². The highest BCUT2D eigenvalue weighted by molar-refractivity contribution is 6.30. The number of rotatable bonds is 6. The van der Waals surface area contributed by atoms with E-state index in [0.717, 1.165) is 38.8 Å². The van der Waals surface area contributed by atoms with Crippen molar-refractivity contribution in [2.45, 2.75) is 19.3 Å². The van der Waals surface area contributed by atoms with Gasteiger partial charge in [-0.3, -0.25) is 4.79 Å². The third-order valence-electron chi connectivity index (χ3n) is 5.55. The molecule has 7 heteroatoms. The number of H-pyrrole nitrogens is 1. The second-order valence-corrected chi connectivity index (χ2v) is 8.26. The maximum atomic E-state index is 14.0. The number of halogens is 2.